The zero-order valence-electron chi connectivity index (χ0n) is 20.1. The maximum absolute atomic E-state index is 13.1. The zero-order valence-corrected chi connectivity index (χ0v) is 20.1. The van der Waals surface area contributed by atoms with E-state index >= 15 is 0 Å². The van der Waals surface area contributed by atoms with Crippen LogP contribution >= 0.6 is 0 Å². The second-order valence-corrected chi connectivity index (χ2v) is 8.13. The second kappa shape index (κ2) is 10.7. The number of alkyl halides is 6. The highest BCUT2D eigenvalue weighted by Gasteiger charge is 2.34. The molecule has 4 heterocycles. The van der Waals surface area contributed by atoms with Crippen molar-refractivity contribution in [3.63, 3.8) is 0 Å². The first-order valence-corrected chi connectivity index (χ1v) is 11.1. The standard InChI is InChI=1S/C19H13F3N4.C6H2F4N2O2/c1-12-5-7-14(11-24-12)26-17-8-6-13(19(20,21)22)10-16(17)25-18(26)15-4-2-3-9-23-15;7-5-4(12(13)14)1-3(2-11-5)6(8,9)10/h2-11H,1H3;1-2H. The van der Waals surface area contributed by atoms with Crippen molar-refractivity contribution in [3.8, 4) is 17.2 Å². The van der Waals surface area contributed by atoms with E-state index < -0.39 is 40.0 Å². The number of nitro groups is 1. The molecule has 0 spiro atoms. The van der Waals surface area contributed by atoms with Gasteiger partial charge in [-0.3, -0.25) is 24.6 Å². The fourth-order valence-electron chi connectivity index (χ4n) is 3.50. The molecule has 5 aromatic rings. The lowest BCUT2D eigenvalue weighted by Gasteiger charge is -2.10. The van der Waals surface area contributed by atoms with Gasteiger partial charge >= 0.3 is 18.0 Å². The minimum Gasteiger partial charge on any atom is -0.289 e. The van der Waals surface area contributed by atoms with Crippen molar-refractivity contribution in [2.75, 3.05) is 0 Å². The Balaban J connectivity index is 0.000000224. The van der Waals surface area contributed by atoms with Gasteiger partial charge in [-0.15, -0.1) is 0 Å². The Hall–Kier alpha value is -4.95. The molecule has 0 aliphatic carbocycles. The number of hydrogen-bond acceptors (Lipinski definition) is 6. The first-order valence-electron chi connectivity index (χ1n) is 11.1. The van der Waals surface area contributed by atoms with Gasteiger partial charge in [0.1, 0.15) is 5.69 Å². The van der Waals surface area contributed by atoms with Crippen LogP contribution in [0.3, 0.4) is 0 Å². The topological polar surface area (TPSA) is 99.6 Å². The molecule has 0 aliphatic heterocycles. The summed E-state index contributed by atoms with van der Waals surface area (Å²) in [6.45, 7) is 1.87. The number of halogens is 7. The van der Waals surface area contributed by atoms with Crippen LogP contribution in [0.5, 0.6) is 0 Å². The van der Waals surface area contributed by atoms with Gasteiger partial charge in [-0.05, 0) is 49.4 Å². The van der Waals surface area contributed by atoms with Gasteiger partial charge in [0.25, 0.3) is 5.95 Å². The van der Waals surface area contributed by atoms with Gasteiger partial charge < -0.3 is 0 Å². The fourth-order valence-corrected chi connectivity index (χ4v) is 3.50. The Morgan fingerprint density at radius 3 is 2.15 bits per heavy atom. The molecule has 0 fully saturated rings. The fraction of sp³-hybridized carbons (Fsp3) is 0.120. The number of fused-ring (bicyclic) bond motifs is 1. The van der Waals surface area contributed by atoms with Gasteiger partial charge in [0, 0.05) is 24.2 Å². The summed E-state index contributed by atoms with van der Waals surface area (Å²) in [6.07, 6.45) is -5.71. The summed E-state index contributed by atoms with van der Waals surface area (Å²) in [7, 11) is 0. The van der Waals surface area contributed by atoms with E-state index in [0.29, 0.717) is 22.7 Å². The minimum absolute atomic E-state index is 0.0995. The molecule has 0 saturated carbocycles. The lowest BCUT2D eigenvalue weighted by molar-refractivity contribution is -0.388. The molecule has 8 nitrogen and oxygen atoms in total. The smallest absolute Gasteiger partial charge is 0.289 e. The first-order chi connectivity index (χ1) is 18.8. The van der Waals surface area contributed by atoms with Crippen molar-refractivity contribution in [1.82, 2.24) is 24.5 Å². The normalized spacial score (nSPS) is 11.7. The second-order valence-electron chi connectivity index (χ2n) is 8.13. The van der Waals surface area contributed by atoms with E-state index in [1.54, 1.807) is 35.2 Å². The van der Waals surface area contributed by atoms with E-state index in [2.05, 4.69) is 19.9 Å². The third-order valence-corrected chi connectivity index (χ3v) is 5.37. The van der Waals surface area contributed by atoms with Crippen LogP contribution in [0, 0.1) is 23.0 Å². The van der Waals surface area contributed by atoms with Crippen molar-refractivity contribution < 1.29 is 35.7 Å². The third-order valence-electron chi connectivity index (χ3n) is 5.37. The van der Waals surface area contributed by atoms with E-state index in [4.69, 9.17) is 0 Å². The van der Waals surface area contributed by atoms with Crippen molar-refractivity contribution in [1.29, 1.82) is 0 Å². The predicted molar refractivity (Wildman–Crippen MR) is 128 cm³/mol. The van der Waals surface area contributed by atoms with Gasteiger partial charge in [0.15, 0.2) is 5.82 Å². The summed E-state index contributed by atoms with van der Waals surface area (Å²) >= 11 is 0. The molecule has 0 amide bonds. The number of aromatic nitrogens is 5. The summed E-state index contributed by atoms with van der Waals surface area (Å²) in [5.41, 5.74) is -0.451. The number of imidazole rings is 1. The van der Waals surface area contributed by atoms with Gasteiger partial charge in [-0.1, -0.05) is 6.07 Å². The maximum Gasteiger partial charge on any atom is 0.418 e. The summed E-state index contributed by atoms with van der Waals surface area (Å²) in [6, 6.07) is 12.7. The van der Waals surface area contributed by atoms with Crippen molar-refractivity contribution in [3.05, 3.63) is 106 Å². The average molecular weight is 564 g/mol. The molecular weight excluding hydrogens is 549 g/mol. The quantitative estimate of drug-likeness (QED) is 0.102. The number of aryl methyl sites for hydroxylation is 1. The Kier molecular flexibility index (Phi) is 7.48. The summed E-state index contributed by atoms with van der Waals surface area (Å²) < 4.78 is 89.4. The van der Waals surface area contributed by atoms with E-state index in [0.717, 1.165) is 17.8 Å². The van der Waals surface area contributed by atoms with Gasteiger partial charge in [-0.2, -0.15) is 30.7 Å². The van der Waals surface area contributed by atoms with E-state index in [-0.39, 0.29) is 17.8 Å². The molecule has 0 aliphatic rings. The highest BCUT2D eigenvalue weighted by Crippen LogP contribution is 2.34. The Morgan fingerprint density at radius 2 is 1.57 bits per heavy atom. The summed E-state index contributed by atoms with van der Waals surface area (Å²) in [4.78, 5) is 24.4. The molecule has 40 heavy (non-hydrogen) atoms. The Bertz CT molecular complexity index is 1670. The molecule has 5 rings (SSSR count). The largest absolute Gasteiger partial charge is 0.418 e. The third kappa shape index (κ3) is 6.03. The average Bonchev–Trinajstić information content (AvgIpc) is 3.28. The SMILES string of the molecule is Cc1ccc(-n2c(-c3ccccn3)nc3cc(C(F)(F)F)ccc32)cn1.O=[N+]([O-])c1cc(C(F)(F)F)cnc1F. The first kappa shape index (κ1) is 28.1. The molecule has 0 bridgehead atoms. The van der Waals surface area contributed by atoms with Crippen LogP contribution in [0.1, 0.15) is 16.8 Å². The Labute approximate surface area is 219 Å². The number of pyridine rings is 3. The van der Waals surface area contributed by atoms with E-state index in [1.165, 1.54) is 6.07 Å². The highest BCUT2D eigenvalue weighted by atomic mass is 19.4. The minimum atomic E-state index is -4.77. The molecule has 0 saturated heterocycles. The number of nitrogens with zero attached hydrogens (tertiary/aromatic N) is 6. The predicted octanol–water partition coefficient (Wildman–Crippen LogP) is 6.96. The van der Waals surface area contributed by atoms with Crippen LogP contribution < -0.4 is 0 Å². The lowest BCUT2D eigenvalue weighted by atomic mass is 10.2. The molecule has 206 valence electrons. The van der Waals surface area contributed by atoms with Crippen LogP contribution in [0.2, 0.25) is 0 Å². The zero-order chi connectivity index (χ0) is 29.2. The molecule has 15 heteroatoms. The number of rotatable bonds is 3. The van der Waals surface area contributed by atoms with Crippen LogP contribution in [0.4, 0.5) is 36.4 Å². The lowest BCUT2D eigenvalue weighted by Crippen LogP contribution is -2.07. The number of benzene rings is 1. The van der Waals surface area contributed by atoms with Gasteiger partial charge in [0.05, 0.1) is 39.0 Å². The molecule has 4 aromatic heterocycles. The van der Waals surface area contributed by atoms with E-state index in [9.17, 15) is 40.8 Å². The van der Waals surface area contributed by atoms with Crippen molar-refractivity contribution in [2.24, 2.45) is 0 Å². The maximum atomic E-state index is 13.1. The monoisotopic (exact) mass is 564 g/mol. The van der Waals surface area contributed by atoms with Gasteiger partial charge in [0.2, 0.25) is 0 Å². The van der Waals surface area contributed by atoms with Crippen LogP contribution in [-0.2, 0) is 12.4 Å². The molecule has 0 unspecified atom stereocenters. The van der Waals surface area contributed by atoms with E-state index in [1.807, 2.05) is 19.1 Å². The highest BCUT2D eigenvalue weighted by molar-refractivity contribution is 5.83. The Morgan fingerprint density at radius 1 is 0.850 bits per heavy atom. The molecular formula is C25H15F7N6O2. The summed E-state index contributed by atoms with van der Waals surface area (Å²) in [5.74, 6) is -1.08. The van der Waals surface area contributed by atoms with Gasteiger partial charge in [-0.25, -0.2) is 9.97 Å². The van der Waals surface area contributed by atoms with Crippen LogP contribution in [0.15, 0.2) is 73.2 Å². The van der Waals surface area contributed by atoms with Crippen molar-refractivity contribution >= 4 is 16.7 Å². The molecule has 0 radical (unpaired) electrons. The van der Waals surface area contributed by atoms with Crippen LogP contribution in [0.25, 0.3) is 28.2 Å². The molecule has 0 atom stereocenters. The molecule has 1 aromatic carbocycles. The number of hydrogen-bond donors (Lipinski definition) is 0. The van der Waals surface area contributed by atoms with Crippen LogP contribution in [-0.4, -0.2) is 29.4 Å². The van der Waals surface area contributed by atoms with Crippen molar-refractivity contribution in [2.45, 2.75) is 19.3 Å². The molecule has 0 N–H and O–H groups in total. The summed E-state index contributed by atoms with van der Waals surface area (Å²) in [5, 5.41) is 10.1.